The molecule has 4 aromatic heterocycles. The fraction of sp³-hybridized carbons (Fsp3) is 0.0500. The van der Waals surface area contributed by atoms with Crippen LogP contribution in [-0.4, -0.2) is 14.5 Å². The molecule has 0 saturated carbocycles. The van der Waals surface area contributed by atoms with Crippen molar-refractivity contribution in [3.05, 3.63) is 72.7 Å². The number of thiazole rings is 1. The van der Waals surface area contributed by atoms with Gasteiger partial charge in [0.1, 0.15) is 16.9 Å². The van der Waals surface area contributed by atoms with E-state index < -0.39 is 0 Å². The molecule has 0 radical (unpaired) electrons. The minimum Gasteiger partial charge on any atom is -0.264 e. The molecule has 0 spiro atoms. The van der Waals surface area contributed by atoms with Crippen LogP contribution in [0.1, 0.15) is 5.56 Å². The first kappa shape index (κ1) is 13.3. The molecule has 5 heterocycles. The van der Waals surface area contributed by atoms with Gasteiger partial charge < -0.3 is 0 Å². The van der Waals surface area contributed by atoms with E-state index in [4.69, 9.17) is 0 Å². The van der Waals surface area contributed by atoms with Gasteiger partial charge in [0.15, 0.2) is 5.01 Å². The Labute approximate surface area is 147 Å². The molecule has 0 bridgehead atoms. The van der Waals surface area contributed by atoms with Crippen LogP contribution in [0.3, 0.4) is 0 Å². The van der Waals surface area contributed by atoms with E-state index in [0.717, 1.165) is 17.9 Å². The largest absolute Gasteiger partial charge is 0.308 e. The van der Waals surface area contributed by atoms with Gasteiger partial charge in [-0.15, -0.1) is 0 Å². The van der Waals surface area contributed by atoms with E-state index in [1.807, 2.05) is 42.1 Å². The molecule has 0 saturated heterocycles. The predicted molar refractivity (Wildman–Crippen MR) is 99.0 cm³/mol. The summed E-state index contributed by atoms with van der Waals surface area (Å²) in [5.74, 6) is 0. The van der Waals surface area contributed by atoms with Gasteiger partial charge in [0.05, 0.1) is 5.39 Å². The summed E-state index contributed by atoms with van der Waals surface area (Å²) in [5.41, 5.74) is 5.96. The first-order valence-electron chi connectivity index (χ1n) is 8.22. The van der Waals surface area contributed by atoms with Gasteiger partial charge >= 0.3 is 5.65 Å². The van der Waals surface area contributed by atoms with Crippen molar-refractivity contribution in [2.75, 3.05) is 0 Å². The molecule has 118 valence electrons. The molecule has 0 fully saturated rings. The standard InChI is InChI=1S/C20H13N4S/c1-2-5-14(6-3-1)24-18-16(7-4-9-22-18)17-19(24)23-12-13-11-21-10-8-15(13)20(23)25-17/h1-11H,12H2/q+1. The molecule has 0 aliphatic carbocycles. The van der Waals surface area contributed by atoms with E-state index >= 15 is 0 Å². The fourth-order valence-corrected chi connectivity index (χ4v) is 5.09. The third-order valence-electron chi connectivity index (χ3n) is 4.83. The first-order valence-corrected chi connectivity index (χ1v) is 9.04. The van der Waals surface area contributed by atoms with Crippen molar-refractivity contribution in [2.45, 2.75) is 6.54 Å². The molecule has 0 unspecified atom stereocenters. The fourth-order valence-electron chi connectivity index (χ4n) is 3.77. The number of pyridine rings is 2. The molecular formula is C20H13N4S+. The number of hydrogen-bond donors (Lipinski definition) is 0. The van der Waals surface area contributed by atoms with Crippen LogP contribution >= 0.6 is 11.3 Å². The van der Waals surface area contributed by atoms with Crippen LogP contribution < -0.4 is 4.57 Å². The topological polar surface area (TPSA) is 34.6 Å². The lowest BCUT2D eigenvalue weighted by Crippen LogP contribution is -2.32. The number of hydrogen-bond acceptors (Lipinski definition) is 3. The monoisotopic (exact) mass is 341 g/mol. The molecule has 1 aliphatic rings. The molecule has 6 rings (SSSR count). The second-order valence-electron chi connectivity index (χ2n) is 6.22. The smallest absolute Gasteiger partial charge is 0.264 e. The summed E-state index contributed by atoms with van der Waals surface area (Å²) in [7, 11) is 0. The minimum absolute atomic E-state index is 0.863. The van der Waals surface area contributed by atoms with Gasteiger partial charge in [0.25, 0.3) is 0 Å². The van der Waals surface area contributed by atoms with Gasteiger partial charge in [0, 0.05) is 29.7 Å². The second kappa shape index (κ2) is 4.74. The van der Waals surface area contributed by atoms with Crippen LogP contribution in [-0.2, 0) is 6.54 Å². The second-order valence-corrected chi connectivity index (χ2v) is 7.22. The van der Waals surface area contributed by atoms with Crippen molar-refractivity contribution in [3.8, 4) is 16.3 Å². The predicted octanol–water partition coefficient (Wildman–Crippen LogP) is 3.95. The van der Waals surface area contributed by atoms with Crippen LogP contribution in [0.5, 0.6) is 0 Å². The van der Waals surface area contributed by atoms with Gasteiger partial charge in [-0.05, 0) is 30.3 Å². The van der Waals surface area contributed by atoms with Gasteiger partial charge in [0.2, 0.25) is 5.65 Å². The van der Waals surface area contributed by atoms with Crippen molar-refractivity contribution >= 4 is 32.7 Å². The van der Waals surface area contributed by atoms with Crippen molar-refractivity contribution in [3.63, 3.8) is 0 Å². The number of fused-ring (bicyclic) bond motifs is 7. The number of benzene rings is 1. The molecule has 4 nitrogen and oxygen atoms in total. The number of para-hydroxylation sites is 1. The summed E-state index contributed by atoms with van der Waals surface area (Å²) in [6.07, 6.45) is 5.73. The van der Waals surface area contributed by atoms with Crippen molar-refractivity contribution in [2.24, 2.45) is 0 Å². The van der Waals surface area contributed by atoms with E-state index in [9.17, 15) is 0 Å². The van der Waals surface area contributed by atoms with E-state index in [2.05, 4.69) is 55.5 Å². The Morgan fingerprint density at radius 3 is 2.84 bits per heavy atom. The maximum absolute atomic E-state index is 4.69. The summed E-state index contributed by atoms with van der Waals surface area (Å²) in [6.45, 7) is 0.863. The number of rotatable bonds is 1. The van der Waals surface area contributed by atoms with Gasteiger partial charge in [-0.2, -0.15) is 4.57 Å². The summed E-state index contributed by atoms with van der Waals surface area (Å²) in [4.78, 5) is 8.98. The SMILES string of the molecule is c1ccc(-n2c3ncccc3c3sc4[n+](c32)Cc2cnccc2-4)cc1. The summed E-state index contributed by atoms with van der Waals surface area (Å²) >= 11 is 1.85. The van der Waals surface area contributed by atoms with E-state index in [0.29, 0.717) is 0 Å². The normalized spacial score (nSPS) is 12.6. The molecule has 5 heteroatoms. The lowest BCUT2D eigenvalue weighted by atomic mass is 10.2. The third-order valence-corrected chi connectivity index (χ3v) is 6.07. The molecule has 0 atom stereocenters. The van der Waals surface area contributed by atoms with E-state index in [1.54, 1.807) is 0 Å². The van der Waals surface area contributed by atoms with Crippen LogP contribution in [0, 0.1) is 0 Å². The quantitative estimate of drug-likeness (QED) is 0.424. The zero-order chi connectivity index (χ0) is 16.4. The molecule has 25 heavy (non-hydrogen) atoms. The summed E-state index contributed by atoms with van der Waals surface area (Å²) < 4.78 is 5.98. The number of nitrogens with zero attached hydrogens (tertiary/aromatic N) is 4. The highest BCUT2D eigenvalue weighted by molar-refractivity contribution is 7.22. The minimum atomic E-state index is 0.863. The lowest BCUT2D eigenvalue weighted by molar-refractivity contribution is -0.644. The Morgan fingerprint density at radius 2 is 1.92 bits per heavy atom. The maximum Gasteiger partial charge on any atom is 0.308 e. The lowest BCUT2D eigenvalue weighted by Gasteiger charge is -2.00. The molecule has 1 aliphatic heterocycles. The first-order chi connectivity index (χ1) is 12.4. The van der Waals surface area contributed by atoms with Crippen LogP contribution in [0.2, 0.25) is 0 Å². The third kappa shape index (κ3) is 1.68. The zero-order valence-electron chi connectivity index (χ0n) is 13.3. The van der Waals surface area contributed by atoms with E-state index in [1.165, 1.54) is 31.9 Å². The highest BCUT2D eigenvalue weighted by atomic mass is 32.1. The summed E-state index contributed by atoms with van der Waals surface area (Å²) in [5, 5.41) is 2.52. The Hall–Kier alpha value is -3.05. The molecular weight excluding hydrogens is 328 g/mol. The maximum atomic E-state index is 4.69. The van der Waals surface area contributed by atoms with E-state index in [-0.39, 0.29) is 0 Å². The highest BCUT2D eigenvalue weighted by Crippen LogP contribution is 2.40. The van der Waals surface area contributed by atoms with Crippen LogP contribution in [0.25, 0.3) is 37.6 Å². The van der Waals surface area contributed by atoms with Gasteiger partial charge in [-0.1, -0.05) is 29.5 Å². The average molecular weight is 341 g/mol. The molecule has 5 aromatic rings. The zero-order valence-corrected chi connectivity index (χ0v) is 14.1. The van der Waals surface area contributed by atoms with Gasteiger partial charge in [-0.25, -0.2) is 9.55 Å². The Bertz CT molecular complexity index is 1270. The Morgan fingerprint density at radius 1 is 1.00 bits per heavy atom. The number of aromatic nitrogens is 4. The van der Waals surface area contributed by atoms with Crippen molar-refractivity contribution in [1.29, 1.82) is 0 Å². The van der Waals surface area contributed by atoms with Crippen molar-refractivity contribution in [1.82, 2.24) is 14.5 Å². The van der Waals surface area contributed by atoms with Gasteiger partial charge in [-0.3, -0.25) is 4.98 Å². The van der Waals surface area contributed by atoms with Crippen molar-refractivity contribution < 1.29 is 4.57 Å². The Balaban J connectivity index is 1.79. The molecule has 1 aromatic carbocycles. The highest BCUT2D eigenvalue weighted by Gasteiger charge is 2.34. The average Bonchev–Trinajstić information content (AvgIpc) is 3.30. The Kier molecular flexibility index (Phi) is 2.51. The summed E-state index contributed by atoms with van der Waals surface area (Å²) in [6, 6.07) is 16.8. The molecule has 0 N–H and O–H groups in total. The molecule has 0 amide bonds. The van der Waals surface area contributed by atoms with Crippen LogP contribution in [0.4, 0.5) is 0 Å². The van der Waals surface area contributed by atoms with Crippen LogP contribution in [0.15, 0.2) is 67.1 Å².